The highest BCUT2D eigenvalue weighted by Crippen LogP contribution is 2.29. The molecule has 0 fully saturated rings. The Labute approximate surface area is 184 Å². The van der Waals surface area contributed by atoms with Crippen LogP contribution in [0.1, 0.15) is 58.2 Å². The molecule has 0 saturated heterocycles. The van der Waals surface area contributed by atoms with E-state index in [1.807, 2.05) is 26.0 Å². The maximum Gasteiger partial charge on any atom is 0.0451 e. The van der Waals surface area contributed by atoms with Crippen molar-refractivity contribution in [1.82, 2.24) is 9.80 Å². The quantitative estimate of drug-likeness (QED) is 0.461. The first-order valence-corrected chi connectivity index (χ1v) is 11.3. The third kappa shape index (κ3) is 8.50. The lowest BCUT2D eigenvalue weighted by Crippen LogP contribution is -2.49. The van der Waals surface area contributed by atoms with Gasteiger partial charge in [0.25, 0.3) is 0 Å². The molecule has 0 aliphatic heterocycles. The molecular weight excluding hydrogens is 376 g/mol. The fourth-order valence-electron chi connectivity index (χ4n) is 3.59. The molecule has 0 aliphatic rings. The van der Waals surface area contributed by atoms with Crippen molar-refractivity contribution in [1.29, 1.82) is 0 Å². The third-order valence-electron chi connectivity index (χ3n) is 5.10. The Hall–Kier alpha value is -1.35. The van der Waals surface area contributed by atoms with Crippen LogP contribution >= 0.6 is 11.6 Å². The minimum Gasteiger partial charge on any atom is -0.308 e. The van der Waals surface area contributed by atoms with E-state index >= 15 is 0 Å². The molecule has 0 N–H and O–H groups in total. The van der Waals surface area contributed by atoms with Crippen LogP contribution < -0.4 is 0 Å². The minimum absolute atomic E-state index is 0.161. The van der Waals surface area contributed by atoms with E-state index < -0.39 is 0 Å². The summed E-state index contributed by atoms with van der Waals surface area (Å²) in [5, 5.41) is 0.849. The highest BCUT2D eigenvalue weighted by molar-refractivity contribution is 6.31. The van der Waals surface area contributed by atoms with Crippen LogP contribution in [0.15, 0.2) is 48.5 Å². The first-order chi connectivity index (χ1) is 13.7. The van der Waals surface area contributed by atoms with Gasteiger partial charge in [0, 0.05) is 30.7 Å². The summed E-state index contributed by atoms with van der Waals surface area (Å²) in [5.41, 5.74) is 4.12. The van der Waals surface area contributed by atoms with Gasteiger partial charge in [-0.3, -0.25) is 4.90 Å². The number of nitrogens with zero attached hydrogens (tertiary/aromatic N) is 2. The second kappa shape index (κ2) is 12.4. The van der Waals surface area contributed by atoms with Crippen molar-refractivity contribution in [3.8, 4) is 0 Å². The monoisotopic (exact) mass is 416 g/mol. The zero-order chi connectivity index (χ0) is 22.0. The van der Waals surface area contributed by atoms with Gasteiger partial charge in [-0.15, -0.1) is 0 Å². The van der Waals surface area contributed by atoms with Gasteiger partial charge in [-0.2, -0.15) is 0 Å². The Morgan fingerprint density at radius 3 is 2.07 bits per heavy atom. The van der Waals surface area contributed by atoms with Gasteiger partial charge in [0.2, 0.25) is 0 Å². The number of aryl methyl sites for hydroxylation is 1. The summed E-state index contributed by atoms with van der Waals surface area (Å²) >= 11 is 6.51. The first kappa shape index (κ1) is 25.7. The van der Waals surface area contributed by atoms with Crippen LogP contribution in [0.5, 0.6) is 0 Å². The van der Waals surface area contributed by atoms with E-state index in [1.165, 1.54) is 16.7 Å². The van der Waals surface area contributed by atoms with Crippen molar-refractivity contribution >= 4 is 11.6 Å². The van der Waals surface area contributed by atoms with Crippen molar-refractivity contribution in [2.75, 3.05) is 20.6 Å². The number of hydrogen-bond acceptors (Lipinski definition) is 2. The predicted octanol–water partition coefficient (Wildman–Crippen LogP) is 6.91. The van der Waals surface area contributed by atoms with Gasteiger partial charge in [-0.1, -0.05) is 95.6 Å². The van der Waals surface area contributed by atoms with E-state index in [1.54, 1.807) is 0 Å². The summed E-state index contributed by atoms with van der Waals surface area (Å²) in [6.45, 7) is 16.0. The number of benzene rings is 2. The minimum atomic E-state index is 0.161. The molecule has 0 aliphatic carbocycles. The third-order valence-corrected chi connectivity index (χ3v) is 5.46. The average Bonchev–Trinajstić information content (AvgIpc) is 2.68. The van der Waals surface area contributed by atoms with Gasteiger partial charge in [0.15, 0.2) is 0 Å². The maximum atomic E-state index is 6.51. The number of hydrogen-bond donors (Lipinski definition) is 0. The smallest absolute Gasteiger partial charge is 0.0451 e. The normalized spacial score (nSPS) is 12.7. The van der Waals surface area contributed by atoms with Crippen LogP contribution in [0.2, 0.25) is 5.02 Å². The zero-order valence-electron chi connectivity index (χ0n) is 19.8. The van der Waals surface area contributed by atoms with E-state index in [-0.39, 0.29) is 5.41 Å². The molecule has 0 unspecified atom stereocenters. The number of likely N-dealkylation sites (N-methyl/N-ethyl adjacent to an activating group) is 1. The van der Waals surface area contributed by atoms with Crippen LogP contribution in [0, 0.1) is 5.41 Å². The molecule has 0 bridgehead atoms. The first-order valence-electron chi connectivity index (χ1n) is 10.9. The maximum absolute atomic E-state index is 6.51. The van der Waals surface area contributed by atoms with Crippen molar-refractivity contribution in [2.45, 2.75) is 67.1 Å². The Kier molecular flexibility index (Phi) is 11.0. The zero-order valence-corrected chi connectivity index (χ0v) is 20.6. The lowest BCUT2D eigenvalue weighted by molar-refractivity contribution is 0.0626. The number of halogens is 1. The van der Waals surface area contributed by atoms with Crippen molar-refractivity contribution in [2.24, 2.45) is 5.41 Å². The van der Waals surface area contributed by atoms with Crippen molar-refractivity contribution in [3.63, 3.8) is 0 Å². The summed E-state index contributed by atoms with van der Waals surface area (Å²) in [6.07, 6.45) is 1.07. The molecule has 0 saturated carbocycles. The molecule has 0 amide bonds. The molecular formula is C26H41ClN2. The SMILES string of the molecule is CC.CCc1cccc(CN(Cc2ccccc2Cl)[C@H](CN(C)C)C(C)(C)C)c1. The molecule has 1 atom stereocenters. The Morgan fingerprint density at radius 2 is 1.52 bits per heavy atom. The molecule has 2 nitrogen and oxygen atoms in total. The molecule has 0 radical (unpaired) electrons. The van der Waals surface area contributed by atoms with Gasteiger partial charge in [0.05, 0.1) is 0 Å². The van der Waals surface area contributed by atoms with E-state index in [0.717, 1.165) is 31.1 Å². The standard InChI is InChI=1S/C24H35ClN2.C2H6/c1-7-19-11-10-12-20(15-19)16-27(17-21-13-8-9-14-22(21)25)23(18-26(5)6)24(2,3)4;1-2/h8-15,23H,7,16-18H2,1-6H3;1-2H3/t23-;/m1./s1. The van der Waals surface area contributed by atoms with Crippen molar-refractivity contribution < 1.29 is 0 Å². The fourth-order valence-corrected chi connectivity index (χ4v) is 3.78. The molecule has 3 heteroatoms. The molecule has 29 heavy (non-hydrogen) atoms. The highest BCUT2D eigenvalue weighted by Gasteiger charge is 2.31. The van der Waals surface area contributed by atoms with Crippen LogP contribution in [0.3, 0.4) is 0 Å². The molecule has 0 heterocycles. The van der Waals surface area contributed by atoms with Crippen LogP contribution in [-0.4, -0.2) is 36.5 Å². The van der Waals surface area contributed by atoms with Gasteiger partial charge >= 0.3 is 0 Å². The van der Waals surface area contributed by atoms with Crippen LogP contribution in [-0.2, 0) is 19.5 Å². The highest BCUT2D eigenvalue weighted by atomic mass is 35.5. The van der Waals surface area contributed by atoms with E-state index in [4.69, 9.17) is 11.6 Å². The molecule has 2 aromatic carbocycles. The lowest BCUT2D eigenvalue weighted by Gasteiger charge is -2.42. The Bertz CT molecular complexity index is 719. The van der Waals surface area contributed by atoms with Gasteiger partial charge in [-0.05, 0) is 48.7 Å². The average molecular weight is 417 g/mol. The van der Waals surface area contributed by atoms with Crippen LogP contribution in [0.4, 0.5) is 0 Å². The molecule has 2 rings (SSSR count). The number of rotatable bonds is 8. The Morgan fingerprint density at radius 1 is 0.897 bits per heavy atom. The predicted molar refractivity (Wildman–Crippen MR) is 130 cm³/mol. The lowest BCUT2D eigenvalue weighted by atomic mass is 9.84. The largest absolute Gasteiger partial charge is 0.308 e. The summed E-state index contributed by atoms with van der Waals surface area (Å²) in [6, 6.07) is 17.6. The molecule has 162 valence electrons. The molecule has 0 aromatic heterocycles. The molecule has 0 spiro atoms. The Balaban J connectivity index is 0.00000204. The molecule has 2 aromatic rings. The van der Waals surface area contributed by atoms with E-state index in [9.17, 15) is 0 Å². The summed E-state index contributed by atoms with van der Waals surface area (Å²) in [5.74, 6) is 0. The van der Waals surface area contributed by atoms with Crippen LogP contribution in [0.25, 0.3) is 0 Å². The second-order valence-electron chi connectivity index (χ2n) is 8.81. The summed E-state index contributed by atoms with van der Waals surface area (Å²) in [7, 11) is 4.31. The van der Waals surface area contributed by atoms with E-state index in [0.29, 0.717) is 6.04 Å². The summed E-state index contributed by atoms with van der Waals surface area (Å²) < 4.78 is 0. The van der Waals surface area contributed by atoms with Crippen molar-refractivity contribution in [3.05, 3.63) is 70.2 Å². The van der Waals surface area contributed by atoms with Gasteiger partial charge in [-0.25, -0.2) is 0 Å². The van der Waals surface area contributed by atoms with Gasteiger partial charge < -0.3 is 4.90 Å². The fraction of sp³-hybridized carbons (Fsp3) is 0.538. The van der Waals surface area contributed by atoms with Gasteiger partial charge in [0.1, 0.15) is 0 Å². The van der Waals surface area contributed by atoms with E-state index in [2.05, 4.69) is 88.0 Å². The topological polar surface area (TPSA) is 6.48 Å². The second-order valence-corrected chi connectivity index (χ2v) is 9.22. The summed E-state index contributed by atoms with van der Waals surface area (Å²) in [4.78, 5) is 4.88.